The predicted octanol–water partition coefficient (Wildman–Crippen LogP) is 2.84. The Bertz CT molecular complexity index is 602. The van der Waals surface area contributed by atoms with E-state index in [0.29, 0.717) is 6.61 Å². The molecule has 0 aromatic heterocycles. The topological polar surface area (TPSA) is 64.4 Å². The summed E-state index contributed by atoms with van der Waals surface area (Å²) in [4.78, 5) is 12.8. The van der Waals surface area contributed by atoms with E-state index in [1.165, 1.54) is 0 Å². The third-order valence-electron chi connectivity index (χ3n) is 5.35. The fourth-order valence-electron chi connectivity index (χ4n) is 3.81. The number of nitrogens with one attached hydrogen (secondary N) is 1. The van der Waals surface area contributed by atoms with Gasteiger partial charge in [-0.15, -0.1) is 0 Å². The van der Waals surface area contributed by atoms with E-state index >= 15 is 0 Å². The predicted molar refractivity (Wildman–Crippen MR) is 86.1 cm³/mol. The number of anilines is 1. The van der Waals surface area contributed by atoms with Crippen LogP contribution < -0.4 is 11.1 Å². The zero-order valence-corrected chi connectivity index (χ0v) is 14.2. The quantitative estimate of drug-likeness (QED) is 0.859. The van der Waals surface area contributed by atoms with Crippen molar-refractivity contribution >= 4 is 27.5 Å². The number of nitrogens with two attached hydrogens (primary N) is 1. The Kier molecular flexibility index (Phi) is 3.43. The van der Waals surface area contributed by atoms with Crippen LogP contribution in [0.1, 0.15) is 25.8 Å². The van der Waals surface area contributed by atoms with Crippen LogP contribution in [-0.2, 0) is 9.53 Å². The summed E-state index contributed by atoms with van der Waals surface area (Å²) in [5, 5.41) is 3.01. The Morgan fingerprint density at radius 1 is 1.48 bits per heavy atom. The third-order valence-corrected chi connectivity index (χ3v) is 6.20. The maximum atomic E-state index is 12.8. The molecule has 1 saturated heterocycles. The molecule has 1 amide bonds. The van der Waals surface area contributed by atoms with Crippen LogP contribution in [0.5, 0.6) is 0 Å². The minimum atomic E-state index is -0.872. The van der Waals surface area contributed by atoms with E-state index in [2.05, 4.69) is 21.2 Å². The SMILES string of the molecule is Cc1c(Br)cccc1NC(=O)C1(N)C2CCOC2C1(C)C. The van der Waals surface area contributed by atoms with Gasteiger partial charge in [0, 0.05) is 28.1 Å². The van der Waals surface area contributed by atoms with Crippen molar-refractivity contribution in [1.82, 2.24) is 0 Å². The van der Waals surface area contributed by atoms with Gasteiger partial charge in [-0.2, -0.15) is 0 Å². The van der Waals surface area contributed by atoms with E-state index in [1.807, 2.05) is 39.0 Å². The van der Waals surface area contributed by atoms with Crippen molar-refractivity contribution in [3.8, 4) is 0 Å². The standard InChI is InChI=1S/C16H21BrN2O2/c1-9-11(17)5-4-6-12(9)19-14(20)16(18)10-7-8-21-13(10)15(16,2)3/h4-6,10,13H,7-8,18H2,1-3H3,(H,19,20). The first-order valence-corrected chi connectivity index (χ1v) is 8.06. The van der Waals surface area contributed by atoms with E-state index in [1.54, 1.807) is 0 Å². The molecule has 1 saturated carbocycles. The second kappa shape index (κ2) is 4.80. The van der Waals surface area contributed by atoms with Crippen LogP contribution in [0.4, 0.5) is 5.69 Å². The number of halogens is 1. The molecule has 5 heteroatoms. The van der Waals surface area contributed by atoms with Crippen LogP contribution in [0.25, 0.3) is 0 Å². The lowest BCUT2D eigenvalue weighted by Gasteiger charge is -2.60. The molecule has 0 spiro atoms. The molecule has 2 fully saturated rings. The van der Waals surface area contributed by atoms with Gasteiger partial charge < -0.3 is 15.8 Å². The Labute approximate surface area is 133 Å². The summed E-state index contributed by atoms with van der Waals surface area (Å²) in [5.74, 6) is 0.000379. The van der Waals surface area contributed by atoms with Crippen molar-refractivity contribution < 1.29 is 9.53 Å². The minimum absolute atomic E-state index is 0.0943. The average molecular weight is 353 g/mol. The summed E-state index contributed by atoms with van der Waals surface area (Å²) < 4.78 is 6.71. The maximum Gasteiger partial charge on any atom is 0.245 e. The highest BCUT2D eigenvalue weighted by molar-refractivity contribution is 9.10. The lowest BCUT2D eigenvalue weighted by molar-refractivity contribution is -0.170. The zero-order chi connectivity index (χ0) is 15.4. The number of benzene rings is 1. The van der Waals surface area contributed by atoms with Gasteiger partial charge in [-0.25, -0.2) is 0 Å². The minimum Gasteiger partial charge on any atom is -0.377 e. The molecule has 21 heavy (non-hydrogen) atoms. The first-order chi connectivity index (χ1) is 9.80. The smallest absolute Gasteiger partial charge is 0.245 e. The van der Waals surface area contributed by atoms with Crippen molar-refractivity contribution in [2.75, 3.05) is 11.9 Å². The molecule has 4 nitrogen and oxygen atoms in total. The van der Waals surface area contributed by atoms with Gasteiger partial charge in [-0.1, -0.05) is 35.8 Å². The molecule has 1 heterocycles. The van der Waals surface area contributed by atoms with Crippen LogP contribution in [0.15, 0.2) is 22.7 Å². The molecule has 3 rings (SSSR count). The molecule has 2 aliphatic rings. The van der Waals surface area contributed by atoms with E-state index < -0.39 is 5.54 Å². The lowest BCUT2D eigenvalue weighted by Crippen LogP contribution is -2.79. The third kappa shape index (κ3) is 1.91. The molecule has 3 unspecified atom stereocenters. The monoisotopic (exact) mass is 352 g/mol. The largest absolute Gasteiger partial charge is 0.377 e. The maximum absolute atomic E-state index is 12.8. The van der Waals surface area contributed by atoms with Crippen LogP contribution in [0.2, 0.25) is 0 Å². The van der Waals surface area contributed by atoms with Gasteiger partial charge in [0.15, 0.2) is 0 Å². The first kappa shape index (κ1) is 15.0. The van der Waals surface area contributed by atoms with Crippen molar-refractivity contribution in [3.05, 3.63) is 28.2 Å². The highest BCUT2D eigenvalue weighted by Crippen LogP contribution is 2.58. The van der Waals surface area contributed by atoms with Crippen molar-refractivity contribution in [2.45, 2.75) is 38.8 Å². The summed E-state index contributed by atoms with van der Waals surface area (Å²) in [7, 11) is 0. The highest BCUT2D eigenvalue weighted by Gasteiger charge is 2.71. The van der Waals surface area contributed by atoms with Gasteiger partial charge in [0.25, 0.3) is 0 Å². The average Bonchev–Trinajstić information content (AvgIpc) is 2.91. The number of hydrogen-bond acceptors (Lipinski definition) is 3. The molecule has 1 aromatic carbocycles. The van der Waals surface area contributed by atoms with Gasteiger partial charge in [0.1, 0.15) is 5.54 Å². The lowest BCUT2D eigenvalue weighted by atomic mass is 9.48. The summed E-state index contributed by atoms with van der Waals surface area (Å²) >= 11 is 3.48. The number of fused-ring (bicyclic) bond motifs is 1. The fourth-order valence-corrected chi connectivity index (χ4v) is 4.18. The molecule has 0 bridgehead atoms. The Morgan fingerprint density at radius 2 is 2.19 bits per heavy atom. The van der Waals surface area contributed by atoms with Gasteiger partial charge in [-0.3, -0.25) is 4.79 Å². The second-order valence-corrected chi connectivity index (χ2v) is 7.50. The van der Waals surface area contributed by atoms with Crippen LogP contribution in [0.3, 0.4) is 0 Å². The molecular formula is C16H21BrN2O2. The number of carbonyl (C=O) groups is 1. The van der Waals surface area contributed by atoms with E-state index in [9.17, 15) is 4.79 Å². The molecule has 0 radical (unpaired) electrons. The van der Waals surface area contributed by atoms with Crippen molar-refractivity contribution in [3.63, 3.8) is 0 Å². The highest BCUT2D eigenvalue weighted by atomic mass is 79.9. The van der Waals surface area contributed by atoms with E-state index in [-0.39, 0.29) is 23.3 Å². The molecule has 1 aliphatic carbocycles. The van der Waals surface area contributed by atoms with Crippen LogP contribution in [-0.4, -0.2) is 24.2 Å². The van der Waals surface area contributed by atoms with Gasteiger partial charge >= 0.3 is 0 Å². The van der Waals surface area contributed by atoms with Gasteiger partial charge in [-0.05, 0) is 31.0 Å². The molecule has 114 valence electrons. The number of hydrogen-bond donors (Lipinski definition) is 2. The molecule has 1 aromatic rings. The Balaban J connectivity index is 1.87. The number of carbonyl (C=O) groups excluding carboxylic acids is 1. The van der Waals surface area contributed by atoms with Gasteiger partial charge in [0.05, 0.1) is 6.10 Å². The first-order valence-electron chi connectivity index (χ1n) is 7.27. The van der Waals surface area contributed by atoms with Crippen molar-refractivity contribution in [2.24, 2.45) is 17.1 Å². The van der Waals surface area contributed by atoms with E-state index in [4.69, 9.17) is 10.5 Å². The molecule has 3 atom stereocenters. The summed E-state index contributed by atoms with van der Waals surface area (Å²) in [6, 6.07) is 5.76. The summed E-state index contributed by atoms with van der Waals surface area (Å²) in [6.07, 6.45) is 0.951. The second-order valence-electron chi connectivity index (χ2n) is 6.64. The summed E-state index contributed by atoms with van der Waals surface area (Å²) in [6.45, 7) is 6.71. The normalized spacial score (nSPS) is 33.2. The number of amides is 1. The van der Waals surface area contributed by atoms with Crippen LogP contribution in [0, 0.1) is 18.3 Å². The van der Waals surface area contributed by atoms with Gasteiger partial charge in [0.2, 0.25) is 5.91 Å². The fraction of sp³-hybridized carbons (Fsp3) is 0.562. The summed E-state index contributed by atoms with van der Waals surface area (Å²) in [5.41, 5.74) is 7.13. The number of rotatable bonds is 2. The molecule has 1 aliphatic heterocycles. The van der Waals surface area contributed by atoms with Crippen molar-refractivity contribution in [1.29, 1.82) is 0 Å². The Morgan fingerprint density at radius 3 is 2.90 bits per heavy atom. The molecule has 3 N–H and O–H groups in total. The molecular weight excluding hydrogens is 332 g/mol. The van der Waals surface area contributed by atoms with E-state index in [0.717, 1.165) is 22.1 Å². The number of ether oxygens (including phenoxy) is 1. The van der Waals surface area contributed by atoms with Crippen LogP contribution >= 0.6 is 15.9 Å². The Hall–Kier alpha value is -0.910. The zero-order valence-electron chi connectivity index (χ0n) is 12.6.